The summed E-state index contributed by atoms with van der Waals surface area (Å²) in [5, 5.41) is 9.10. The quantitative estimate of drug-likeness (QED) is 0.839. The first-order valence-corrected chi connectivity index (χ1v) is 7.00. The number of aliphatic carboxylic acids is 1. The number of hydrogen-bond donors (Lipinski definition) is 1. The molecule has 1 fully saturated rings. The highest BCUT2D eigenvalue weighted by atomic mass is 16.5. The van der Waals surface area contributed by atoms with Crippen LogP contribution in [-0.4, -0.2) is 48.7 Å². The number of carboxylic acid groups (broad SMARTS) is 1. The van der Waals surface area contributed by atoms with Crippen LogP contribution in [0, 0.1) is 0 Å². The minimum atomic E-state index is -0.953. The second-order valence-corrected chi connectivity index (χ2v) is 4.98. The van der Waals surface area contributed by atoms with Gasteiger partial charge in [-0.2, -0.15) is 0 Å². The van der Waals surface area contributed by atoms with E-state index in [0.717, 1.165) is 5.56 Å². The first-order valence-electron chi connectivity index (χ1n) is 7.00. The highest BCUT2D eigenvalue weighted by molar-refractivity contribution is 5.94. The third kappa shape index (κ3) is 3.39. The van der Waals surface area contributed by atoms with Crippen molar-refractivity contribution in [2.75, 3.05) is 20.8 Å². The van der Waals surface area contributed by atoms with E-state index in [1.54, 1.807) is 31.4 Å². The molecule has 1 atom stereocenters. The lowest BCUT2D eigenvalue weighted by molar-refractivity contribution is -0.146. The summed E-state index contributed by atoms with van der Waals surface area (Å²) in [6.07, 6.45) is 4.25. The Hall–Kier alpha value is -2.50. The Labute approximate surface area is 128 Å². The molecule has 1 aliphatic rings. The SMILES string of the molecule is COc1ccc(/C=C/C(=O)N2CCC[C@H]2C(=O)O)cc1OC. The van der Waals surface area contributed by atoms with Crippen LogP contribution < -0.4 is 9.47 Å². The topological polar surface area (TPSA) is 76.1 Å². The van der Waals surface area contributed by atoms with Crippen molar-refractivity contribution in [3.05, 3.63) is 29.8 Å². The van der Waals surface area contributed by atoms with E-state index in [0.29, 0.717) is 30.9 Å². The molecule has 0 aromatic heterocycles. The number of benzene rings is 1. The molecule has 0 radical (unpaired) electrons. The van der Waals surface area contributed by atoms with Gasteiger partial charge in [-0.15, -0.1) is 0 Å². The average molecular weight is 305 g/mol. The molecule has 0 spiro atoms. The molecule has 0 bridgehead atoms. The van der Waals surface area contributed by atoms with Crippen LogP contribution in [0.3, 0.4) is 0 Å². The number of carbonyl (C=O) groups is 2. The van der Waals surface area contributed by atoms with Crippen molar-refractivity contribution in [3.63, 3.8) is 0 Å². The number of hydrogen-bond acceptors (Lipinski definition) is 4. The highest BCUT2D eigenvalue weighted by Crippen LogP contribution is 2.28. The standard InChI is InChI=1S/C16H19NO5/c1-21-13-7-5-11(10-14(13)22-2)6-8-15(18)17-9-3-4-12(17)16(19)20/h5-8,10,12H,3-4,9H2,1-2H3,(H,19,20)/b8-6+/t12-/m0/s1. The van der Waals surface area contributed by atoms with E-state index < -0.39 is 12.0 Å². The Kier molecular flexibility index (Phi) is 5.04. The van der Waals surface area contributed by atoms with E-state index in [2.05, 4.69) is 0 Å². The van der Waals surface area contributed by atoms with Gasteiger partial charge in [0.25, 0.3) is 0 Å². The number of likely N-dealkylation sites (tertiary alicyclic amines) is 1. The molecule has 6 heteroatoms. The number of amides is 1. The van der Waals surface area contributed by atoms with Gasteiger partial charge in [0.15, 0.2) is 11.5 Å². The fourth-order valence-electron chi connectivity index (χ4n) is 2.51. The maximum absolute atomic E-state index is 12.1. The summed E-state index contributed by atoms with van der Waals surface area (Å²) in [5.41, 5.74) is 0.775. The van der Waals surface area contributed by atoms with Gasteiger partial charge in [-0.25, -0.2) is 4.79 Å². The third-order valence-corrected chi connectivity index (χ3v) is 3.65. The monoisotopic (exact) mass is 305 g/mol. The maximum Gasteiger partial charge on any atom is 0.326 e. The molecule has 2 rings (SSSR count). The van der Waals surface area contributed by atoms with Gasteiger partial charge in [0.05, 0.1) is 14.2 Å². The highest BCUT2D eigenvalue weighted by Gasteiger charge is 2.32. The lowest BCUT2D eigenvalue weighted by Crippen LogP contribution is -2.39. The van der Waals surface area contributed by atoms with E-state index in [4.69, 9.17) is 14.6 Å². The molecular formula is C16H19NO5. The van der Waals surface area contributed by atoms with Crippen LogP contribution in [0.1, 0.15) is 18.4 Å². The van der Waals surface area contributed by atoms with Crippen LogP contribution >= 0.6 is 0 Å². The van der Waals surface area contributed by atoms with Crippen molar-refractivity contribution < 1.29 is 24.2 Å². The van der Waals surface area contributed by atoms with Crippen LogP contribution in [0.2, 0.25) is 0 Å². The molecule has 0 saturated carbocycles. The van der Waals surface area contributed by atoms with Crippen molar-refractivity contribution in [1.29, 1.82) is 0 Å². The van der Waals surface area contributed by atoms with Gasteiger partial charge in [0, 0.05) is 12.6 Å². The average Bonchev–Trinajstić information content (AvgIpc) is 3.02. The van der Waals surface area contributed by atoms with Crippen LogP contribution in [0.15, 0.2) is 24.3 Å². The van der Waals surface area contributed by atoms with Gasteiger partial charge in [-0.05, 0) is 36.6 Å². The molecule has 1 N–H and O–H groups in total. The van der Waals surface area contributed by atoms with Gasteiger partial charge in [0.2, 0.25) is 5.91 Å². The minimum absolute atomic E-state index is 0.292. The van der Waals surface area contributed by atoms with Gasteiger partial charge in [0.1, 0.15) is 6.04 Å². The lowest BCUT2D eigenvalue weighted by Gasteiger charge is -2.19. The molecule has 22 heavy (non-hydrogen) atoms. The van der Waals surface area contributed by atoms with E-state index in [1.165, 1.54) is 18.1 Å². The number of nitrogens with zero attached hydrogens (tertiary/aromatic N) is 1. The number of carbonyl (C=O) groups excluding carboxylic acids is 1. The number of methoxy groups -OCH3 is 2. The van der Waals surface area contributed by atoms with Crippen molar-refractivity contribution in [3.8, 4) is 11.5 Å². The Morgan fingerprint density at radius 2 is 2.00 bits per heavy atom. The third-order valence-electron chi connectivity index (χ3n) is 3.65. The first kappa shape index (κ1) is 15.9. The molecule has 1 amide bonds. The molecule has 1 saturated heterocycles. The lowest BCUT2D eigenvalue weighted by atomic mass is 10.1. The summed E-state index contributed by atoms with van der Waals surface area (Å²) in [4.78, 5) is 24.6. The molecule has 1 heterocycles. The molecule has 1 aromatic rings. The summed E-state index contributed by atoms with van der Waals surface area (Å²) < 4.78 is 10.3. The molecule has 0 unspecified atom stereocenters. The Morgan fingerprint density at radius 1 is 1.27 bits per heavy atom. The molecular weight excluding hydrogens is 286 g/mol. The predicted octanol–water partition coefficient (Wildman–Crippen LogP) is 1.79. The number of rotatable bonds is 5. The van der Waals surface area contributed by atoms with E-state index in [9.17, 15) is 9.59 Å². The van der Waals surface area contributed by atoms with Crippen LogP contribution in [0.4, 0.5) is 0 Å². The van der Waals surface area contributed by atoms with Gasteiger partial charge >= 0.3 is 5.97 Å². The molecule has 1 aromatic carbocycles. The Morgan fingerprint density at radius 3 is 2.64 bits per heavy atom. The molecule has 6 nitrogen and oxygen atoms in total. The summed E-state index contributed by atoms with van der Waals surface area (Å²) >= 11 is 0. The van der Waals surface area contributed by atoms with Crippen LogP contribution in [0.5, 0.6) is 11.5 Å². The summed E-state index contributed by atoms with van der Waals surface area (Å²) in [5.74, 6) is -0.0665. The van der Waals surface area contributed by atoms with E-state index in [1.807, 2.05) is 0 Å². The molecule has 118 valence electrons. The maximum atomic E-state index is 12.1. The first-order chi connectivity index (χ1) is 10.6. The van der Waals surface area contributed by atoms with E-state index in [-0.39, 0.29) is 5.91 Å². The number of carboxylic acids is 1. The zero-order chi connectivity index (χ0) is 16.1. The molecule has 1 aliphatic heterocycles. The van der Waals surface area contributed by atoms with Crippen molar-refractivity contribution >= 4 is 18.0 Å². The Balaban J connectivity index is 2.11. The van der Waals surface area contributed by atoms with E-state index >= 15 is 0 Å². The fraction of sp³-hybridized carbons (Fsp3) is 0.375. The largest absolute Gasteiger partial charge is 0.493 e. The van der Waals surface area contributed by atoms with Gasteiger partial charge in [-0.1, -0.05) is 6.07 Å². The minimum Gasteiger partial charge on any atom is -0.493 e. The predicted molar refractivity (Wildman–Crippen MR) is 81.0 cm³/mol. The van der Waals surface area contributed by atoms with Crippen LogP contribution in [-0.2, 0) is 9.59 Å². The Bertz CT molecular complexity index is 596. The normalized spacial score (nSPS) is 17.7. The van der Waals surface area contributed by atoms with Crippen molar-refractivity contribution in [2.45, 2.75) is 18.9 Å². The fourth-order valence-corrected chi connectivity index (χ4v) is 2.51. The summed E-state index contributed by atoms with van der Waals surface area (Å²) in [7, 11) is 3.09. The number of ether oxygens (including phenoxy) is 2. The van der Waals surface area contributed by atoms with Gasteiger partial charge in [-0.3, -0.25) is 4.79 Å². The summed E-state index contributed by atoms with van der Waals surface area (Å²) in [6, 6.07) is 4.58. The van der Waals surface area contributed by atoms with Crippen molar-refractivity contribution in [1.82, 2.24) is 4.90 Å². The second kappa shape index (κ2) is 6.98. The van der Waals surface area contributed by atoms with Crippen LogP contribution in [0.25, 0.3) is 6.08 Å². The zero-order valence-electron chi connectivity index (χ0n) is 12.6. The summed E-state index contributed by atoms with van der Waals surface area (Å²) in [6.45, 7) is 0.478. The zero-order valence-corrected chi connectivity index (χ0v) is 12.6. The molecule has 0 aliphatic carbocycles. The van der Waals surface area contributed by atoms with Gasteiger partial charge < -0.3 is 19.5 Å². The smallest absolute Gasteiger partial charge is 0.326 e. The second-order valence-electron chi connectivity index (χ2n) is 4.98. The van der Waals surface area contributed by atoms with Crippen molar-refractivity contribution in [2.24, 2.45) is 0 Å².